The molecule has 0 atom stereocenters. The maximum Gasteiger partial charge on any atom is 0.260 e. The molecule has 0 bridgehead atoms. The zero-order valence-corrected chi connectivity index (χ0v) is 19.9. The van der Waals surface area contributed by atoms with Gasteiger partial charge in [0.25, 0.3) is 5.91 Å². The number of aromatic nitrogens is 1. The van der Waals surface area contributed by atoms with E-state index in [0.29, 0.717) is 53.2 Å². The fourth-order valence-electron chi connectivity index (χ4n) is 3.42. The van der Waals surface area contributed by atoms with E-state index in [2.05, 4.69) is 23.7 Å². The Morgan fingerprint density at radius 3 is 2.38 bits per heavy atom. The molecule has 1 amide bonds. The van der Waals surface area contributed by atoms with Crippen molar-refractivity contribution in [3.63, 3.8) is 0 Å². The van der Waals surface area contributed by atoms with E-state index >= 15 is 0 Å². The number of likely N-dealkylation sites (N-methyl/N-ethyl adjacent to an activating group) is 1. The van der Waals surface area contributed by atoms with Crippen LogP contribution in [-0.2, 0) is 0 Å². The van der Waals surface area contributed by atoms with E-state index in [4.69, 9.17) is 9.47 Å². The molecule has 172 valence electrons. The molecule has 6 nitrogen and oxygen atoms in total. The van der Waals surface area contributed by atoms with Crippen LogP contribution < -0.4 is 14.4 Å². The lowest BCUT2D eigenvalue weighted by molar-refractivity contribution is 0.0983. The van der Waals surface area contributed by atoms with Gasteiger partial charge in [0.2, 0.25) is 0 Å². The molecule has 3 rings (SSSR count). The van der Waals surface area contributed by atoms with Crippen molar-refractivity contribution >= 4 is 32.6 Å². The average Bonchev–Trinajstić information content (AvgIpc) is 3.23. The zero-order chi connectivity index (χ0) is 23.1. The molecule has 2 aromatic carbocycles. The number of thiazole rings is 1. The summed E-state index contributed by atoms with van der Waals surface area (Å²) >= 11 is 1.31. The van der Waals surface area contributed by atoms with Gasteiger partial charge in [-0.05, 0) is 57.3 Å². The van der Waals surface area contributed by atoms with Gasteiger partial charge in [0, 0.05) is 18.7 Å². The summed E-state index contributed by atoms with van der Waals surface area (Å²) in [6.45, 7) is 11.8. The summed E-state index contributed by atoms with van der Waals surface area (Å²) in [6.07, 6.45) is 0. The van der Waals surface area contributed by atoms with Crippen LogP contribution in [0.25, 0.3) is 10.2 Å². The van der Waals surface area contributed by atoms with Crippen LogP contribution in [0.5, 0.6) is 11.5 Å². The van der Waals surface area contributed by atoms with Crippen LogP contribution in [0.4, 0.5) is 9.52 Å². The van der Waals surface area contributed by atoms with Crippen molar-refractivity contribution in [2.45, 2.75) is 27.7 Å². The minimum absolute atomic E-state index is 0.208. The van der Waals surface area contributed by atoms with Crippen LogP contribution in [0.3, 0.4) is 0 Å². The monoisotopic (exact) mass is 459 g/mol. The lowest BCUT2D eigenvalue weighted by atomic mass is 10.1. The number of nitrogens with zero attached hydrogens (tertiary/aromatic N) is 3. The predicted octanol–water partition coefficient (Wildman–Crippen LogP) is 5.22. The molecular weight excluding hydrogens is 429 g/mol. The predicted molar refractivity (Wildman–Crippen MR) is 128 cm³/mol. The van der Waals surface area contributed by atoms with Crippen molar-refractivity contribution in [1.82, 2.24) is 9.88 Å². The minimum Gasteiger partial charge on any atom is -0.490 e. The van der Waals surface area contributed by atoms with E-state index in [1.165, 1.54) is 17.4 Å². The number of ether oxygens (including phenoxy) is 2. The number of hydrogen-bond donors (Lipinski definition) is 0. The molecule has 32 heavy (non-hydrogen) atoms. The molecule has 0 fully saturated rings. The molecule has 0 aliphatic rings. The van der Waals surface area contributed by atoms with Gasteiger partial charge in [-0.3, -0.25) is 9.69 Å². The number of halogens is 1. The second kappa shape index (κ2) is 11.2. The van der Waals surface area contributed by atoms with Crippen LogP contribution in [0.2, 0.25) is 0 Å². The summed E-state index contributed by atoms with van der Waals surface area (Å²) in [5.74, 6) is 0.531. The molecule has 1 heterocycles. The maximum absolute atomic E-state index is 14.3. The second-order valence-electron chi connectivity index (χ2n) is 7.09. The third-order valence-electron chi connectivity index (χ3n) is 5.16. The summed E-state index contributed by atoms with van der Waals surface area (Å²) in [6, 6.07) is 10.0. The van der Waals surface area contributed by atoms with Gasteiger partial charge in [-0.1, -0.05) is 31.3 Å². The third-order valence-corrected chi connectivity index (χ3v) is 6.20. The first kappa shape index (κ1) is 23.9. The number of para-hydroxylation sites is 1. The van der Waals surface area contributed by atoms with E-state index in [1.54, 1.807) is 29.2 Å². The Hall–Kier alpha value is -2.71. The first-order chi connectivity index (χ1) is 15.5. The molecule has 1 aromatic heterocycles. The molecule has 8 heteroatoms. The van der Waals surface area contributed by atoms with Crippen molar-refractivity contribution in [3.8, 4) is 11.5 Å². The van der Waals surface area contributed by atoms with Crippen molar-refractivity contribution in [3.05, 3.63) is 47.8 Å². The van der Waals surface area contributed by atoms with Crippen molar-refractivity contribution < 1.29 is 18.7 Å². The lowest BCUT2D eigenvalue weighted by Crippen LogP contribution is -2.38. The number of carbonyl (C=O) groups excluding carboxylic acids is 1. The number of amides is 1. The number of anilines is 1. The van der Waals surface area contributed by atoms with Crippen LogP contribution in [0.15, 0.2) is 36.4 Å². The topological polar surface area (TPSA) is 54.9 Å². The molecule has 0 radical (unpaired) electrons. The maximum atomic E-state index is 14.3. The molecule has 0 saturated heterocycles. The number of carbonyl (C=O) groups is 1. The Balaban J connectivity index is 1.99. The van der Waals surface area contributed by atoms with Gasteiger partial charge < -0.3 is 14.4 Å². The lowest BCUT2D eigenvalue weighted by Gasteiger charge is -2.25. The molecular formula is C24H30FN3O3S. The van der Waals surface area contributed by atoms with Crippen molar-refractivity contribution in [2.75, 3.05) is 44.3 Å². The van der Waals surface area contributed by atoms with E-state index in [9.17, 15) is 9.18 Å². The smallest absolute Gasteiger partial charge is 0.260 e. The Morgan fingerprint density at radius 2 is 1.72 bits per heavy atom. The van der Waals surface area contributed by atoms with Gasteiger partial charge in [0.1, 0.15) is 11.3 Å². The summed E-state index contributed by atoms with van der Waals surface area (Å²) in [5.41, 5.74) is 0.756. The van der Waals surface area contributed by atoms with Gasteiger partial charge in [-0.25, -0.2) is 9.37 Å². The number of benzene rings is 2. The van der Waals surface area contributed by atoms with E-state index in [1.807, 2.05) is 19.9 Å². The molecule has 0 saturated carbocycles. The first-order valence-corrected chi connectivity index (χ1v) is 11.8. The Bertz CT molecular complexity index is 1050. The highest BCUT2D eigenvalue weighted by Crippen LogP contribution is 2.33. The SMILES string of the molecule is CCOc1ccc(C(=O)N(CCN(CC)CC)c2nc3c(F)cccc3s2)cc1OCC. The van der Waals surface area contributed by atoms with Crippen molar-refractivity contribution in [2.24, 2.45) is 0 Å². The molecule has 0 aliphatic carbocycles. The molecule has 3 aromatic rings. The summed E-state index contributed by atoms with van der Waals surface area (Å²) < 4.78 is 26.3. The van der Waals surface area contributed by atoms with Crippen LogP contribution in [0, 0.1) is 5.82 Å². The Kier molecular flexibility index (Phi) is 8.41. The van der Waals surface area contributed by atoms with Gasteiger partial charge in [0.15, 0.2) is 16.6 Å². The third kappa shape index (κ3) is 5.37. The highest BCUT2D eigenvalue weighted by Gasteiger charge is 2.24. The molecule has 0 N–H and O–H groups in total. The normalized spacial score (nSPS) is 11.2. The Morgan fingerprint density at radius 1 is 1.00 bits per heavy atom. The standard InChI is InChI=1S/C24H30FN3O3S/c1-5-27(6-2)14-15-28(24-26-22-18(25)10-9-11-21(22)32-24)23(29)17-12-13-19(30-7-3)20(16-17)31-8-4/h9-13,16H,5-8,14-15H2,1-4H3. The fourth-order valence-corrected chi connectivity index (χ4v) is 4.43. The van der Waals surface area contributed by atoms with Crippen LogP contribution in [0.1, 0.15) is 38.1 Å². The number of hydrogen-bond acceptors (Lipinski definition) is 6. The highest BCUT2D eigenvalue weighted by atomic mass is 32.1. The second-order valence-corrected chi connectivity index (χ2v) is 8.10. The molecule has 0 aliphatic heterocycles. The number of rotatable bonds is 11. The zero-order valence-electron chi connectivity index (χ0n) is 19.1. The summed E-state index contributed by atoms with van der Waals surface area (Å²) in [7, 11) is 0. The Labute approximate surface area is 192 Å². The van der Waals surface area contributed by atoms with Gasteiger partial charge >= 0.3 is 0 Å². The van der Waals surface area contributed by atoms with Crippen LogP contribution >= 0.6 is 11.3 Å². The minimum atomic E-state index is -0.388. The molecule has 0 spiro atoms. The van der Waals surface area contributed by atoms with Gasteiger partial charge in [-0.15, -0.1) is 0 Å². The summed E-state index contributed by atoms with van der Waals surface area (Å²) in [5, 5.41) is 0.481. The fraction of sp³-hybridized carbons (Fsp3) is 0.417. The molecule has 0 unspecified atom stereocenters. The van der Waals surface area contributed by atoms with E-state index < -0.39 is 0 Å². The van der Waals surface area contributed by atoms with Crippen LogP contribution in [-0.4, -0.2) is 55.2 Å². The largest absolute Gasteiger partial charge is 0.490 e. The number of fused-ring (bicyclic) bond motifs is 1. The highest BCUT2D eigenvalue weighted by molar-refractivity contribution is 7.22. The van der Waals surface area contributed by atoms with Crippen molar-refractivity contribution in [1.29, 1.82) is 0 Å². The van der Waals surface area contributed by atoms with Gasteiger partial charge in [0.05, 0.1) is 17.9 Å². The summed E-state index contributed by atoms with van der Waals surface area (Å²) in [4.78, 5) is 21.9. The average molecular weight is 460 g/mol. The first-order valence-electron chi connectivity index (χ1n) is 11.0. The van der Waals surface area contributed by atoms with E-state index in [-0.39, 0.29) is 17.2 Å². The quantitative estimate of drug-likeness (QED) is 0.393. The van der Waals surface area contributed by atoms with E-state index in [0.717, 1.165) is 13.1 Å². The van der Waals surface area contributed by atoms with Gasteiger partial charge in [-0.2, -0.15) is 0 Å².